The van der Waals surface area contributed by atoms with E-state index in [2.05, 4.69) is 66.4 Å². The van der Waals surface area contributed by atoms with Gasteiger partial charge in [0.1, 0.15) is 23.9 Å². The highest BCUT2D eigenvalue weighted by Gasteiger charge is 2.40. The van der Waals surface area contributed by atoms with Crippen molar-refractivity contribution in [1.29, 1.82) is 0 Å². The predicted molar refractivity (Wildman–Crippen MR) is 273 cm³/mol. The Morgan fingerprint density at radius 1 is 0.930 bits per heavy atom. The van der Waals surface area contributed by atoms with Crippen LogP contribution in [0.4, 0.5) is 23.1 Å². The third kappa shape index (κ3) is 13.6. The van der Waals surface area contributed by atoms with Crippen molar-refractivity contribution in [1.82, 2.24) is 29.8 Å². The molecule has 1 saturated heterocycles. The van der Waals surface area contributed by atoms with Crippen molar-refractivity contribution in [3.05, 3.63) is 137 Å². The maximum Gasteiger partial charge on any atom is 0.255 e. The molecular formula is C54H64N8O8S. The zero-order valence-electron chi connectivity index (χ0n) is 41.0. The molecule has 8 rings (SSSR count). The van der Waals surface area contributed by atoms with Gasteiger partial charge in [0.2, 0.25) is 21.9 Å². The second-order valence-electron chi connectivity index (χ2n) is 19.4. The maximum absolute atomic E-state index is 13.8. The quantitative estimate of drug-likeness (QED) is 0.0435. The maximum atomic E-state index is 13.8. The first-order valence-electron chi connectivity index (χ1n) is 24.2. The van der Waals surface area contributed by atoms with Crippen molar-refractivity contribution in [3.8, 4) is 11.5 Å². The average Bonchev–Trinajstić information content (AvgIpc) is 3.67. The van der Waals surface area contributed by atoms with Gasteiger partial charge in [-0.05, 0) is 119 Å². The molecule has 5 aromatic rings. The first-order chi connectivity index (χ1) is 34.1. The highest BCUT2D eigenvalue weighted by atomic mass is 32.2. The van der Waals surface area contributed by atoms with E-state index in [-0.39, 0.29) is 48.5 Å². The number of fused-ring (bicyclic) bond motifs is 1. The summed E-state index contributed by atoms with van der Waals surface area (Å²) in [5, 5.41) is 9.44. The molecule has 1 aliphatic carbocycles. The lowest BCUT2D eigenvalue weighted by atomic mass is 9.89. The Balaban J connectivity index is 0.817. The molecule has 71 heavy (non-hydrogen) atoms. The van der Waals surface area contributed by atoms with Gasteiger partial charge in [-0.2, -0.15) is 4.98 Å². The van der Waals surface area contributed by atoms with E-state index in [0.717, 1.165) is 66.4 Å². The van der Waals surface area contributed by atoms with Gasteiger partial charge in [-0.15, -0.1) is 0 Å². The van der Waals surface area contributed by atoms with Gasteiger partial charge < -0.3 is 35.1 Å². The fraction of sp³-hybridized carbons (Fsp3) is 0.389. The van der Waals surface area contributed by atoms with E-state index in [0.29, 0.717) is 73.4 Å². The molecule has 3 aliphatic rings. The number of anilines is 4. The van der Waals surface area contributed by atoms with Gasteiger partial charge in [-0.25, -0.2) is 18.1 Å². The molecule has 0 unspecified atom stereocenters. The zero-order chi connectivity index (χ0) is 50.1. The van der Waals surface area contributed by atoms with Crippen LogP contribution in [0, 0.1) is 6.92 Å². The molecule has 1 saturated carbocycles. The number of nitrogens with one attached hydrogen (secondary N) is 4. The fourth-order valence-electron chi connectivity index (χ4n) is 8.82. The summed E-state index contributed by atoms with van der Waals surface area (Å²) in [6.45, 7) is 16.8. The molecule has 4 aromatic carbocycles. The van der Waals surface area contributed by atoms with Gasteiger partial charge in [-0.1, -0.05) is 48.6 Å². The molecule has 374 valence electrons. The predicted octanol–water partition coefficient (Wildman–Crippen LogP) is 7.91. The van der Waals surface area contributed by atoms with E-state index in [1.165, 1.54) is 5.56 Å². The smallest absolute Gasteiger partial charge is 0.255 e. The molecule has 0 bridgehead atoms. The van der Waals surface area contributed by atoms with Crippen molar-refractivity contribution in [2.24, 2.45) is 0 Å². The zero-order valence-corrected chi connectivity index (χ0v) is 41.8. The van der Waals surface area contributed by atoms with Crippen LogP contribution < -0.4 is 30.1 Å². The topological polar surface area (TPSA) is 193 Å². The number of nitrogens with zero attached hydrogens (tertiary/aromatic N) is 4. The summed E-state index contributed by atoms with van der Waals surface area (Å²) in [6, 6.07) is 25.5. The first kappa shape index (κ1) is 50.7. The molecule has 16 nitrogen and oxygen atoms in total. The molecule has 2 aliphatic heterocycles. The number of amides is 2. The first-order valence-corrected chi connectivity index (χ1v) is 25.7. The van der Waals surface area contributed by atoms with Gasteiger partial charge >= 0.3 is 0 Å². The number of aryl methyl sites for hydroxylation is 2. The Morgan fingerprint density at radius 3 is 2.44 bits per heavy atom. The fourth-order valence-corrected chi connectivity index (χ4v) is 10.3. The van der Waals surface area contributed by atoms with Crippen molar-refractivity contribution >= 4 is 50.8 Å². The molecule has 17 heteroatoms. The number of rotatable bonds is 20. The number of carbonyl (C=O) groups is 3. The van der Waals surface area contributed by atoms with E-state index in [1.54, 1.807) is 56.1 Å². The van der Waals surface area contributed by atoms with Crippen LogP contribution in [0.1, 0.15) is 91.1 Å². The molecule has 0 spiro atoms. The summed E-state index contributed by atoms with van der Waals surface area (Å²) >= 11 is 0. The van der Waals surface area contributed by atoms with Crippen LogP contribution in [0.15, 0.2) is 108 Å². The minimum atomic E-state index is -3.72. The SMILES string of the molecule is C=C1CC[C@H](N2Cc3c(ccc(CCC(=O)NCCCOc4ccc(Nc5ncc(C)c(Nc6cccc(S(=O)(=O)NC(C)(C)C)c6)n5)cc4)c3OCc3ccc(CN4CCOCC4)cc3)C2=O)C(=O)C1. The van der Waals surface area contributed by atoms with Crippen molar-refractivity contribution in [2.75, 3.05) is 50.1 Å². The number of hydrogen-bond acceptors (Lipinski definition) is 13. The van der Waals surface area contributed by atoms with Crippen LogP contribution in [0.3, 0.4) is 0 Å². The number of allylic oxidation sites excluding steroid dienone is 1. The second kappa shape index (κ2) is 22.6. The largest absolute Gasteiger partial charge is 0.494 e. The van der Waals surface area contributed by atoms with E-state index in [1.807, 2.05) is 43.3 Å². The lowest BCUT2D eigenvalue weighted by Gasteiger charge is -2.30. The van der Waals surface area contributed by atoms with Gasteiger partial charge in [0.05, 0.1) is 37.3 Å². The summed E-state index contributed by atoms with van der Waals surface area (Å²) in [4.78, 5) is 53.3. The lowest BCUT2D eigenvalue weighted by molar-refractivity contribution is -0.124. The van der Waals surface area contributed by atoms with Crippen molar-refractivity contribution in [3.63, 3.8) is 0 Å². The number of carbonyl (C=O) groups excluding carboxylic acids is 3. The molecule has 3 heterocycles. The molecule has 2 amide bonds. The summed E-state index contributed by atoms with van der Waals surface area (Å²) in [5.74, 6) is 1.86. The molecule has 2 fully saturated rings. The number of sulfonamides is 1. The van der Waals surface area contributed by atoms with Crippen LogP contribution in [0.2, 0.25) is 0 Å². The summed E-state index contributed by atoms with van der Waals surface area (Å²) < 4.78 is 46.6. The van der Waals surface area contributed by atoms with E-state index < -0.39 is 21.6 Å². The molecule has 0 radical (unpaired) electrons. The number of ketones is 1. The van der Waals surface area contributed by atoms with Crippen molar-refractivity contribution in [2.45, 2.75) is 102 Å². The van der Waals surface area contributed by atoms with E-state index in [9.17, 15) is 22.8 Å². The Labute approximate surface area is 416 Å². The highest BCUT2D eigenvalue weighted by molar-refractivity contribution is 7.89. The van der Waals surface area contributed by atoms with Gasteiger partial charge in [0.15, 0.2) is 5.78 Å². The summed E-state index contributed by atoms with van der Waals surface area (Å²) in [7, 11) is -3.72. The van der Waals surface area contributed by atoms with Gasteiger partial charge in [0, 0.05) is 78.8 Å². The summed E-state index contributed by atoms with van der Waals surface area (Å²) in [6.07, 6.45) is 4.45. The van der Waals surface area contributed by atoms with Crippen LogP contribution in [0.5, 0.6) is 11.5 Å². The van der Waals surface area contributed by atoms with Crippen LogP contribution in [0.25, 0.3) is 0 Å². The number of ether oxygens (including phenoxy) is 3. The Morgan fingerprint density at radius 2 is 1.69 bits per heavy atom. The van der Waals surface area contributed by atoms with Crippen molar-refractivity contribution < 1.29 is 37.0 Å². The van der Waals surface area contributed by atoms with E-state index >= 15 is 0 Å². The summed E-state index contributed by atoms with van der Waals surface area (Å²) in [5.41, 5.74) is 6.67. The standard InChI is InChI=1S/C54H64N8O8S/c1-36-10-22-47(48(63)30-36)62-34-46-45(52(62)65)21-15-40(50(46)70-35-39-13-11-38(12-14-39)33-61-25-28-68-29-26-61)16-23-49(64)55-24-7-27-69-43-19-17-41(18-20-43)58-53-56-32-37(2)51(59-53)57-42-8-6-9-44(31-42)71(66,67)60-54(3,4)5/h6,8-9,11-15,17-21,31-32,47,60H,1,7,10,16,22-30,33-35H2,2-5H3,(H,55,64)(H2,56,57,58,59)/t47-/m0/s1. The van der Waals surface area contributed by atoms with Gasteiger partial charge in [0.25, 0.3) is 5.91 Å². The molecule has 1 atom stereocenters. The molecule has 1 aromatic heterocycles. The highest BCUT2D eigenvalue weighted by Crippen LogP contribution is 2.38. The Kier molecular flexibility index (Phi) is 16.2. The minimum absolute atomic E-state index is 0.0155. The van der Waals surface area contributed by atoms with Crippen LogP contribution >= 0.6 is 0 Å². The number of hydrogen-bond donors (Lipinski definition) is 4. The van der Waals surface area contributed by atoms with Gasteiger partial charge in [-0.3, -0.25) is 19.3 Å². The normalized spacial score (nSPS) is 16.4. The molecule has 4 N–H and O–H groups in total. The number of benzene rings is 4. The van der Waals surface area contributed by atoms with Crippen LogP contribution in [-0.2, 0) is 50.5 Å². The third-order valence-corrected chi connectivity index (χ3v) is 14.2. The second-order valence-corrected chi connectivity index (χ2v) is 21.1. The monoisotopic (exact) mass is 984 g/mol. The number of Topliss-reactive ketones (excluding diaryl/α,β-unsaturated/α-hetero) is 1. The molecular weight excluding hydrogens is 921 g/mol. The van der Waals surface area contributed by atoms with E-state index in [4.69, 9.17) is 14.2 Å². The third-order valence-electron chi connectivity index (χ3n) is 12.5. The Bertz CT molecular complexity index is 2840. The lowest BCUT2D eigenvalue weighted by Crippen LogP contribution is -2.43. The number of aromatic nitrogens is 2. The Hall–Kier alpha value is -6.66. The minimum Gasteiger partial charge on any atom is -0.494 e. The van der Waals surface area contributed by atoms with Crippen LogP contribution in [-0.4, -0.2) is 96.8 Å². The number of morpholine rings is 1. The average molecular weight is 985 g/mol.